The molecule has 1 rings (SSSR count). The average molecular weight is 421 g/mol. The lowest BCUT2D eigenvalue weighted by molar-refractivity contribution is -0.150. The maximum Gasteiger partial charge on any atom is 0.331 e. The zero-order chi connectivity index (χ0) is 23.1. The number of nitrogens with one attached hydrogen (secondary N) is 1. The number of anilines is 1. The number of hydrogen-bond acceptors (Lipinski definition) is 6. The van der Waals surface area contributed by atoms with Gasteiger partial charge >= 0.3 is 5.97 Å². The Morgan fingerprint density at radius 3 is 2.33 bits per heavy atom. The number of nitrogens with zero attached hydrogens (tertiary/aromatic N) is 1. The minimum Gasteiger partial charge on any atom is -0.503 e. The van der Waals surface area contributed by atoms with Gasteiger partial charge < -0.3 is 24.8 Å². The molecule has 0 aliphatic rings. The third kappa shape index (κ3) is 5.11. The summed E-state index contributed by atoms with van der Waals surface area (Å²) in [5, 5.41) is 13.2. The first-order valence-electron chi connectivity index (χ1n) is 9.87. The SMILES string of the molecule is C/C=C(/C(=O)NC(C)(CC)C(=O)OC)C(=O)N(CCC)c1c(C)ccc(OC)c1O. The largest absolute Gasteiger partial charge is 0.503 e. The Bertz CT molecular complexity index is 833. The smallest absolute Gasteiger partial charge is 0.331 e. The highest BCUT2D eigenvalue weighted by Gasteiger charge is 2.37. The maximum absolute atomic E-state index is 13.4. The Morgan fingerprint density at radius 1 is 1.23 bits per heavy atom. The quantitative estimate of drug-likeness (QED) is 0.275. The molecule has 0 fully saturated rings. The molecule has 0 heterocycles. The monoisotopic (exact) mass is 420 g/mol. The number of carbonyl (C=O) groups is 3. The number of phenols is 1. The molecule has 1 aromatic carbocycles. The summed E-state index contributed by atoms with van der Waals surface area (Å²) in [6.07, 6.45) is 2.26. The highest BCUT2D eigenvalue weighted by atomic mass is 16.5. The molecule has 1 atom stereocenters. The van der Waals surface area contributed by atoms with Gasteiger partial charge in [0, 0.05) is 6.54 Å². The van der Waals surface area contributed by atoms with Gasteiger partial charge in [0.15, 0.2) is 11.5 Å². The molecule has 2 amide bonds. The number of ether oxygens (including phenoxy) is 2. The molecule has 0 aromatic heterocycles. The summed E-state index contributed by atoms with van der Waals surface area (Å²) in [6, 6.07) is 3.33. The zero-order valence-corrected chi connectivity index (χ0v) is 18.8. The lowest BCUT2D eigenvalue weighted by atomic mass is 9.98. The van der Waals surface area contributed by atoms with Crippen molar-refractivity contribution in [1.82, 2.24) is 5.32 Å². The van der Waals surface area contributed by atoms with Gasteiger partial charge in [0.1, 0.15) is 11.1 Å². The first-order valence-corrected chi connectivity index (χ1v) is 9.87. The molecule has 166 valence electrons. The summed E-state index contributed by atoms with van der Waals surface area (Å²) < 4.78 is 9.95. The second kappa shape index (κ2) is 10.7. The number of hydrogen-bond donors (Lipinski definition) is 2. The Morgan fingerprint density at radius 2 is 1.87 bits per heavy atom. The van der Waals surface area contributed by atoms with Crippen LogP contribution in [0.4, 0.5) is 5.69 Å². The molecule has 0 spiro atoms. The van der Waals surface area contributed by atoms with E-state index < -0.39 is 23.3 Å². The fourth-order valence-corrected chi connectivity index (χ4v) is 3.03. The molecule has 0 aliphatic carbocycles. The topological polar surface area (TPSA) is 105 Å². The molecule has 2 N–H and O–H groups in total. The highest BCUT2D eigenvalue weighted by molar-refractivity contribution is 6.24. The third-order valence-electron chi connectivity index (χ3n) is 4.99. The van der Waals surface area contributed by atoms with Gasteiger partial charge in [-0.2, -0.15) is 0 Å². The molecule has 0 aliphatic heterocycles. The van der Waals surface area contributed by atoms with E-state index in [9.17, 15) is 19.5 Å². The highest BCUT2D eigenvalue weighted by Crippen LogP contribution is 2.39. The van der Waals surface area contributed by atoms with Crippen LogP contribution in [0.2, 0.25) is 0 Å². The number of amides is 2. The van der Waals surface area contributed by atoms with Crippen LogP contribution in [0.25, 0.3) is 0 Å². The van der Waals surface area contributed by atoms with Gasteiger partial charge in [-0.05, 0) is 45.2 Å². The Hall–Kier alpha value is -3.03. The molecular weight excluding hydrogens is 388 g/mol. The third-order valence-corrected chi connectivity index (χ3v) is 4.99. The van der Waals surface area contributed by atoms with E-state index in [0.717, 1.165) is 0 Å². The number of carbonyl (C=O) groups excluding carboxylic acids is 3. The Balaban J connectivity index is 3.37. The van der Waals surface area contributed by atoms with Gasteiger partial charge in [-0.3, -0.25) is 9.59 Å². The molecule has 0 bridgehead atoms. The number of methoxy groups -OCH3 is 2. The summed E-state index contributed by atoms with van der Waals surface area (Å²) in [5.41, 5.74) is -0.489. The normalized spacial score (nSPS) is 13.2. The van der Waals surface area contributed by atoms with Gasteiger partial charge in [-0.15, -0.1) is 0 Å². The van der Waals surface area contributed by atoms with Gasteiger partial charge in [0.2, 0.25) is 0 Å². The van der Waals surface area contributed by atoms with Crippen LogP contribution in [-0.2, 0) is 19.1 Å². The standard InChI is InChI=1S/C22H32N2O6/c1-8-13-24(17-14(4)11-12-16(29-6)18(17)25)20(27)15(9-2)19(26)23-22(5,10-3)21(28)30-7/h9,11-12,25H,8,10,13H2,1-7H3,(H,23,26)/b15-9-. The number of rotatable bonds is 9. The van der Waals surface area contributed by atoms with Crippen LogP contribution >= 0.6 is 0 Å². The number of phenolic OH excluding ortho intramolecular Hbond substituents is 1. The molecule has 0 saturated heterocycles. The first-order chi connectivity index (χ1) is 14.1. The number of benzene rings is 1. The van der Waals surface area contributed by atoms with E-state index in [1.807, 2.05) is 6.92 Å². The maximum atomic E-state index is 13.4. The van der Waals surface area contributed by atoms with Crippen LogP contribution in [0, 0.1) is 6.92 Å². The molecule has 1 aromatic rings. The van der Waals surface area contributed by atoms with E-state index in [1.165, 1.54) is 32.1 Å². The number of allylic oxidation sites excluding steroid dienone is 1. The van der Waals surface area contributed by atoms with E-state index in [0.29, 0.717) is 12.0 Å². The van der Waals surface area contributed by atoms with Crippen molar-refractivity contribution in [3.63, 3.8) is 0 Å². The summed E-state index contributed by atoms with van der Waals surface area (Å²) in [6.45, 7) is 8.74. The van der Waals surface area contributed by atoms with Crippen LogP contribution in [0.3, 0.4) is 0 Å². The van der Waals surface area contributed by atoms with Crippen molar-refractivity contribution in [2.24, 2.45) is 0 Å². The van der Waals surface area contributed by atoms with Gasteiger partial charge in [0.05, 0.1) is 19.9 Å². The second-order valence-corrected chi connectivity index (χ2v) is 7.07. The number of esters is 1. The van der Waals surface area contributed by atoms with Gasteiger partial charge in [-0.25, -0.2) is 4.79 Å². The van der Waals surface area contributed by atoms with E-state index in [2.05, 4.69) is 5.32 Å². The molecule has 8 heteroatoms. The van der Waals surface area contributed by atoms with E-state index >= 15 is 0 Å². The van der Waals surface area contributed by atoms with Crippen molar-refractivity contribution in [2.45, 2.75) is 53.0 Å². The Labute approximate surface area is 177 Å². The van der Waals surface area contributed by atoms with Crippen molar-refractivity contribution in [1.29, 1.82) is 0 Å². The van der Waals surface area contributed by atoms with Crippen molar-refractivity contribution < 1.29 is 29.0 Å². The average Bonchev–Trinajstić information content (AvgIpc) is 2.72. The van der Waals surface area contributed by atoms with Crippen molar-refractivity contribution >= 4 is 23.5 Å². The minimum atomic E-state index is -1.27. The van der Waals surface area contributed by atoms with Crippen LogP contribution in [0.15, 0.2) is 23.8 Å². The number of aromatic hydroxyl groups is 1. The van der Waals surface area contributed by atoms with Crippen molar-refractivity contribution in [3.05, 3.63) is 29.3 Å². The van der Waals surface area contributed by atoms with Gasteiger partial charge in [0.25, 0.3) is 11.8 Å². The Kier molecular flexibility index (Phi) is 8.89. The summed E-state index contributed by atoms with van der Waals surface area (Å²) >= 11 is 0. The summed E-state index contributed by atoms with van der Waals surface area (Å²) in [7, 11) is 2.66. The minimum absolute atomic E-state index is 0.145. The van der Waals surface area contributed by atoms with E-state index in [1.54, 1.807) is 32.9 Å². The van der Waals surface area contributed by atoms with Crippen LogP contribution in [-0.4, -0.2) is 49.2 Å². The van der Waals surface area contributed by atoms with Crippen LogP contribution < -0.4 is 15.0 Å². The van der Waals surface area contributed by atoms with Gasteiger partial charge in [-0.1, -0.05) is 26.0 Å². The van der Waals surface area contributed by atoms with Crippen molar-refractivity contribution in [3.8, 4) is 11.5 Å². The molecule has 8 nitrogen and oxygen atoms in total. The molecular formula is C22H32N2O6. The lowest BCUT2D eigenvalue weighted by Crippen LogP contribution is -2.54. The van der Waals surface area contributed by atoms with Crippen molar-refractivity contribution in [2.75, 3.05) is 25.7 Å². The molecule has 30 heavy (non-hydrogen) atoms. The summed E-state index contributed by atoms with van der Waals surface area (Å²) in [5.74, 6) is -1.85. The predicted molar refractivity (Wildman–Crippen MR) is 115 cm³/mol. The number of aryl methyl sites for hydroxylation is 1. The van der Waals surface area contributed by atoms with Crippen LogP contribution in [0.5, 0.6) is 11.5 Å². The second-order valence-electron chi connectivity index (χ2n) is 7.07. The molecule has 0 saturated carbocycles. The fourth-order valence-electron chi connectivity index (χ4n) is 3.03. The molecule has 0 radical (unpaired) electrons. The van der Waals surface area contributed by atoms with E-state index in [4.69, 9.17) is 9.47 Å². The zero-order valence-electron chi connectivity index (χ0n) is 18.8. The fraction of sp³-hybridized carbons (Fsp3) is 0.500. The first kappa shape index (κ1) is 25.0. The summed E-state index contributed by atoms with van der Waals surface area (Å²) in [4.78, 5) is 39.7. The van der Waals surface area contributed by atoms with E-state index in [-0.39, 0.29) is 35.7 Å². The molecule has 1 unspecified atom stereocenters. The predicted octanol–water partition coefficient (Wildman–Crippen LogP) is 2.86. The van der Waals surface area contributed by atoms with Crippen LogP contribution in [0.1, 0.15) is 46.1 Å². The lowest BCUT2D eigenvalue weighted by Gasteiger charge is -2.29.